The number of hydrogen-bond donors (Lipinski definition) is 2. The molecule has 1 aromatic carbocycles. The lowest BCUT2D eigenvalue weighted by Gasteiger charge is -2.15. The Kier molecular flexibility index (Phi) is 4.29. The summed E-state index contributed by atoms with van der Waals surface area (Å²) in [7, 11) is 1.60. The van der Waals surface area contributed by atoms with E-state index in [4.69, 9.17) is 4.74 Å². The van der Waals surface area contributed by atoms with Gasteiger partial charge in [-0.1, -0.05) is 13.0 Å². The van der Waals surface area contributed by atoms with Crippen LogP contribution in [0.5, 0.6) is 5.75 Å². The van der Waals surface area contributed by atoms with E-state index in [-0.39, 0.29) is 6.03 Å². The topological polar surface area (TPSA) is 63.2 Å². The lowest BCUT2D eigenvalue weighted by Crippen LogP contribution is -2.19. The van der Waals surface area contributed by atoms with Gasteiger partial charge in [-0.05, 0) is 37.3 Å². The average molecular weight is 317 g/mol. The second kappa shape index (κ2) is 6.36. The number of nitrogens with one attached hydrogen (secondary N) is 2. The van der Waals surface area contributed by atoms with Crippen molar-refractivity contribution >= 4 is 28.2 Å². The number of urea groups is 1. The summed E-state index contributed by atoms with van der Waals surface area (Å²) in [5.41, 5.74) is 1.83. The first kappa shape index (κ1) is 14.8. The van der Waals surface area contributed by atoms with Crippen LogP contribution in [0.4, 0.5) is 15.6 Å². The third-order valence-electron chi connectivity index (χ3n) is 3.73. The summed E-state index contributed by atoms with van der Waals surface area (Å²) in [6.07, 6.45) is 3.24. The van der Waals surface area contributed by atoms with Crippen LogP contribution in [0, 0.1) is 5.92 Å². The third-order valence-corrected chi connectivity index (χ3v) is 4.77. The van der Waals surface area contributed by atoms with Crippen LogP contribution in [0.25, 0.3) is 0 Å². The summed E-state index contributed by atoms with van der Waals surface area (Å²) in [5.74, 6) is 1.41. The van der Waals surface area contributed by atoms with Crippen molar-refractivity contribution in [1.29, 1.82) is 0 Å². The Morgan fingerprint density at radius 1 is 1.41 bits per heavy atom. The second-order valence-corrected chi connectivity index (χ2v) is 6.63. The Bertz CT molecular complexity index is 684. The lowest BCUT2D eigenvalue weighted by molar-refractivity contribution is 0.262. The van der Waals surface area contributed by atoms with Crippen molar-refractivity contribution in [3.8, 4) is 5.75 Å². The molecule has 0 fully saturated rings. The minimum Gasteiger partial charge on any atom is -0.497 e. The molecular formula is C16H19N3O2S. The first-order valence-electron chi connectivity index (χ1n) is 7.34. The number of methoxy groups -OCH3 is 1. The number of thiazole rings is 1. The molecule has 2 aromatic rings. The van der Waals surface area contributed by atoms with Crippen molar-refractivity contribution in [2.75, 3.05) is 17.7 Å². The van der Waals surface area contributed by atoms with Gasteiger partial charge in [-0.3, -0.25) is 5.32 Å². The number of anilines is 2. The summed E-state index contributed by atoms with van der Waals surface area (Å²) in [5, 5.41) is 6.27. The number of amides is 2. The van der Waals surface area contributed by atoms with Gasteiger partial charge in [0.15, 0.2) is 5.13 Å². The van der Waals surface area contributed by atoms with Gasteiger partial charge in [-0.2, -0.15) is 0 Å². The first-order valence-corrected chi connectivity index (χ1v) is 8.16. The number of carbonyl (C=O) groups excluding carboxylic acids is 1. The van der Waals surface area contributed by atoms with Gasteiger partial charge in [0, 0.05) is 16.6 Å². The minimum absolute atomic E-state index is 0.285. The largest absolute Gasteiger partial charge is 0.497 e. The maximum Gasteiger partial charge on any atom is 0.325 e. The minimum atomic E-state index is -0.285. The molecule has 2 N–H and O–H groups in total. The Hall–Kier alpha value is -2.08. The standard InChI is InChI=1S/C16H19N3O2S/c1-10-6-7-13-14(8-10)22-16(18-13)19-15(20)17-11-4-3-5-12(9-11)21-2/h3-5,9-10H,6-8H2,1-2H3,(H2,17,18,19,20)/t10-/m1/s1. The number of carbonyl (C=O) groups is 1. The maximum absolute atomic E-state index is 12.1. The van der Waals surface area contributed by atoms with E-state index in [9.17, 15) is 4.79 Å². The first-order chi connectivity index (χ1) is 10.6. The van der Waals surface area contributed by atoms with Crippen molar-refractivity contribution in [3.63, 3.8) is 0 Å². The number of benzene rings is 1. The zero-order chi connectivity index (χ0) is 15.5. The van der Waals surface area contributed by atoms with E-state index >= 15 is 0 Å². The van der Waals surface area contributed by atoms with Gasteiger partial charge in [-0.15, -0.1) is 11.3 Å². The van der Waals surface area contributed by atoms with E-state index < -0.39 is 0 Å². The number of hydrogen-bond acceptors (Lipinski definition) is 4. The predicted molar refractivity (Wildman–Crippen MR) is 88.9 cm³/mol. The molecule has 0 aliphatic heterocycles. The molecule has 1 atom stereocenters. The second-order valence-electron chi connectivity index (χ2n) is 5.55. The third kappa shape index (κ3) is 3.39. The van der Waals surface area contributed by atoms with Gasteiger partial charge in [-0.25, -0.2) is 9.78 Å². The van der Waals surface area contributed by atoms with Crippen LogP contribution in [0.3, 0.4) is 0 Å². The highest BCUT2D eigenvalue weighted by atomic mass is 32.1. The van der Waals surface area contributed by atoms with Crippen molar-refractivity contribution < 1.29 is 9.53 Å². The van der Waals surface area contributed by atoms with Gasteiger partial charge in [0.05, 0.1) is 12.8 Å². The SMILES string of the molecule is COc1cccc(NC(=O)Nc2nc3c(s2)C[C@H](C)CC3)c1. The fraction of sp³-hybridized carbons (Fsp3) is 0.375. The molecule has 3 rings (SSSR count). The van der Waals surface area contributed by atoms with Crippen molar-refractivity contribution in [2.24, 2.45) is 5.92 Å². The molecule has 116 valence electrons. The van der Waals surface area contributed by atoms with Gasteiger partial charge in [0.2, 0.25) is 0 Å². The van der Waals surface area contributed by atoms with Crippen LogP contribution in [-0.2, 0) is 12.8 Å². The molecule has 1 aliphatic rings. The normalized spacial score (nSPS) is 16.7. The Morgan fingerprint density at radius 3 is 3.09 bits per heavy atom. The number of aromatic nitrogens is 1. The van der Waals surface area contributed by atoms with Crippen LogP contribution in [0.2, 0.25) is 0 Å². The van der Waals surface area contributed by atoms with E-state index in [0.717, 1.165) is 18.5 Å². The summed E-state index contributed by atoms with van der Waals surface area (Å²) in [6, 6.07) is 6.97. The highest BCUT2D eigenvalue weighted by molar-refractivity contribution is 7.15. The van der Waals surface area contributed by atoms with Crippen molar-refractivity contribution in [3.05, 3.63) is 34.8 Å². The van der Waals surface area contributed by atoms with Crippen LogP contribution in [-0.4, -0.2) is 18.1 Å². The van der Waals surface area contributed by atoms with Crippen LogP contribution >= 0.6 is 11.3 Å². The summed E-state index contributed by atoms with van der Waals surface area (Å²) in [4.78, 5) is 17.9. The number of rotatable bonds is 3. The Morgan fingerprint density at radius 2 is 2.27 bits per heavy atom. The van der Waals surface area contributed by atoms with E-state index in [2.05, 4.69) is 22.5 Å². The van der Waals surface area contributed by atoms with Crippen LogP contribution in [0.15, 0.2) is 24.3 Å². The molecule has 0 unspecified atom stereocenters. The molecule has 5 nitrogen and oxygen atoms in total. The van der Waals surface area contributed by atoms with E-state index in [0.29, 0.717) is 22.5 Å². The highest BCUT2D eigenvalue weighted by Gasteiger charge is 2.20. The quantitative estimate of drug-likeness (QED) is 0.902. The van der Waals surface area contributed by atoms with E-state index in [1.54, 1.807) is 24.5 Å². The number of aryl methyl sites for hydroxylation is 1. The molecule has 1 aliphatic carbocycles. The molecule has 6 heteroatoms. The Balaban J connectivity index is 1.64. The Labute approximate surface area is 133 Å². The maximum atomic E-state index is 12.1. The summed E-state index contributed by atoms with van der Waals surface area (Å²) < 4.78 is 5.14. The van der Waals surface area contributed by atoms with E-state index in [1.165, 1.54) is 11.3 Å². The molecule has 1 heterocycles. The number of ether oxygens (including phenoxy) is 1. The van der Waals surface area contributed by atoms with Gasteiger partial charge in [0.25, 0.3) is 0 Å². The van der Waals surface area contributed by atoms with Crippen molar-refractivity contribution in [1.82, 2.24) is 4.98 Å². The molecular weight excluding hydrogens is 298 g/mol. The zero-order valence-electron chi connectivity index (χ0n) is 12.7. The molecule has 1 aromatic heterocycles. The fourth-order valence-corrected chi connectivity index (χ4v) is 3.72. The molecule has 0 spiro atoms. The van der Waals surface area contributed by atoms with Crippen LogP contribution in [0.1, 0.15) is 23.9 Å². The molecule has 0 radical (unpaired) electrons. The molecule has 2 amide bonds. The fourth-order valence-electron chi connectivity index (χ4n) is 2.55. The summed E-state index contributed by atoms with van der Waals surface area (Å²) >= 11 is 1.58. The monoisotopic (exact) mass is 317 g/mol. The molecule has 0 bridgehead atoms. The van der Waals surface area contributed by atoms with Gasteiger partial charge >= 0.3 is 6.03 Å². The molecule has 22 heavy (non-hydrogen) atoms. The van der Waals surface area contributed by atoms with E-state index in [1.807, 2.05) is 18.2 Å². The molecule has 0 saturated carbocycles. The summed E-state index contributed by atoms with van der Waals surface area (Å²) in [6.45, 7) is 2.26. The number of fused-ring (bicyclic) bond motifs is 1. The smallest absolute Gasteiger partial charge is 0.325 e. The van der Waals surface area contributed by atoms with Gasteiger partial charge in [0.1, 0.15) is 5.75 Å². The number of nitrogens with zero attached hydrogens (tertiary/aromatic N) is 1. The lowest BCUT2D eigenvalue weighted by atomic mass is 9.93. The highest BCUT2D eigenvalue weighted by Crippen LogP contribution is 2.32. The average Bonchev–Trinajstić information content (AvgIpc) is 2.88. The van der Waals surface area contributed by atoms with Crippen molar-refractivity contribution in [2.45, 2.75) is 26.2 Å². The van der Waals surface area contributed by atoms with Gasteiger partial charge < -0.3 is 10.1 Å². The predicted octanol–water partition coefficient (Wildman–Crippen LogP) is 3.92. The zero-order valence-corrected chi connectivity index (χ0v) is 13.5. The van der Waals surface area contributed by atoms with Crippen LogP contribution < -0.4 is 15.4 Å². The molecule has 0 saturated heterocycles.